The molecule has 3 aromatic rings. The van der Waals surface area contributed by atoms with E-state index in [1.54, 1.807) is 24.5 Å². The summed E-state index contributed by atoms with van der Waals surface area (Å²) in [5, 5.41) is 0. The van der Waals surface area contributed by atoms with Crippen LogP contribution in [0.1, 0.15) is 69.9 Å². The van der Waals surface area contributed by atoms with E-state index in [2.05, 4.69) is 6.92 Å². The van der Waals surface area contributed by atoms with Gasteiger partial charge in [0, 0.05) is 18.1 Å². The van der Waals surface area contributed by atoms with Gasteiger partial charge in [0.05, 0.1) is 12.8 Å². The number of ketones is 2. The quantitative estimate of drug-likeness (QED) is 0.388. The Morgan fingerprint density at radius 1 is 1.00 bits per heavy atom. The molecule has 0 N–H and O–H groups in total. The molecule has 1 aliphatic rings. The molecule has 138 valence electrons. The minimum atomic E-state index is -0.0934. The van der Waals surface area contributed by atoms with E-state index in [9.17, 15) is 9.59 Å². The Morgan fingerprint density at radius 2 is 1.74 bits per heavy atom. The molecular formula is C22H23N2O3+. The number of hydrogen-bond donors (Lipinski definition) is 0. The fraction of sp³-hybridized carbons (Fsp3) is 0.318. The van der Waals surface area contributed by atoms with E-state index in [4.69, 9.17) is 4.42 Å². The first-order chi connectivity index (χ1) is 13.1. The maximum Gasteiger partial charge on any atom is 0.254 e. The fourth-order valence-corrected chi connectivity index (χ4v) is 3.86. The van der Waals surface area contributed by atoms with Crippen LogP contribution in [0.2, 0.25) is 0 Å². The number of aromatic nitrogens is 2. The van der Waals surface area contributed by atoms with E-state index in [0.717, 1.165) is 37.4 Å². The van der Waals surface area contributed by atoms with Crippen molar-refractivity contribution in [3.8, 4) is 0 Å². The summed E-state index contributed by atoms with van der Waals surface area (Å²) in [5.41, 5.74) is 1.96. The van der Waals surface area contributed by atoms with Gasteiger partial charge in [-0.15, -0.1) is 0 Å². The number of fused-ring (bicyclic) bond motifs is 2. The number of unbranched alkanes of at least 4 members (excludes halogenated alkanes) is 2. The van der Waals surface area contributed by atoms with Crippen molar-refractivity contribution in [2.75, 3.05) is 0 Å². The SMILES string of the molecule is CCCCCn1c2c([n+](Cc3ccco3)c1C)C(=O)c1ccccc1C2=O. The van der Waals surface area contributed by atoms with Crippen LogP contribution in [-0.2, 0) is 13.1 Å². The lowest BCUT2D eigenvalue weighted by molar-refractivity contribution is -0.697. The predicted octanol–water partition coefficient (Wildman–Crippen LogP) is 3.69. The molecule has 0 spiro atoms. The summed E-state index contributed by atoms with van der Waals surface area (Å²) in [4.78, 5) is 26.5. The van der Waals surface area contributed by atoms with Gasteiger partial charge in [0.2, 0.25) is 23.0 Å². The summed E-state index contributed by atoms with van der Waals surface area (Å²) >= 11 is 0. The van der Waals surface area contributed by atoms with Crippen LogP contribution in [-0.4, -0.2) is 16.1 Å². The minimum Gasteiger partial charge on any atom is -0.465 e. The van der Waals surface area contributed by atoms with Gasteiger partial charge in [-0.25, -0.2) is 9.13 Å². The van der Waals surface area contributed by atoms with Crippen molar-refractivity contribution in [3.05, 3.63) is 76.8 Å². The Labute approximate surface area is 158 Å². The number of furan rings is 1. The van der Waals surface area contributed by atoms with Crippen LogP contribution in [0.15, 0.2) is 47.1 Å². The first-order valence-electron chi connectivity index (χ1n) is 9.47. The lowest BCUT2D eigenvalue weighted by Crippen LogP contribution is -2.43. The third kappa shape index (κ3) is 2.83. The number of carbonyl (C=O) groups excluding carboxylic acids is 2. The van der Waals surface area contributed by atoms with Gasteiger partial charge in [-0.05, 0) is 25.0 Å². The van der Waals surface area contributed by atoms with E-state index in [1.807, 2.05) is 34.3 Å². The normalized spacial score (nSPS) is 13.0. The molecule has 0 unspecified atom stereocenters. The molecule has 4 rings (SSSR count). The number of hydrogen-bond acceptors (Lipinski definition) is 3. The Morgan fingerprint density at radius 3 is 2.41 bits per heavy atom. The lowest BCUT2D eigenvalue weighted by Gasteiger charge is -2.12. The maximum atomic E-state index is 13.3. The van der Waals surface area contributed by atoms with Gasteiger partial charge < -0.3 is 4.42 Å². The molecule has 5 heteroatoms. The Kier molecular flexibility index (Phi) is 4.52. The van der Waals surface area contributed by atoms with Crippen molar-refractivity contribution in [1.29, 1.82) is 0 Å². The molecule has 0 amide bonds. The van der Waals surface area contributed by atoms with Crippen LogP contribution < -0.4 is 4.57 Å². The Hall–Kier alpha value is -2.95. The highest BCUT2D eigenvalue weighted by Crippen LogP contribution is 2.27. The number of imidazole rings is 1. The van der Waals surface area contributed by atoms with E-state index >= 15 is 0 Å². The van der Waals surface area contributed by atoms with E-state index in [-0.39, 0.29) is 11.6 Å². The monoisotopic (exact) mass is 363 g/mol. The zero-order valence-electron chi connectivity index (χ0n) is 15.7. The minimum absolute atomic E-state index is 0.0713. The average molecular weight is 363 g/mol. The number of nitrogens with zero attached hydrogens (tertiary/aromatic N) is 2. The molecule has 0 saturated heterocycles. The fourth-order valence-electron chi connectivity index (χ4n) is 3.86. The molecule has 0 saturated carbocycles. The summed E-state index contributed by atoms with van der Waals surface area (Å²) in [5.74, 6) is 1.50. The molecule has 2 aromatic heterocycles. The van der Waals surface area contributed by atoms with Gasteiger partial charge in [0.25, 0.3) is 5.82 Å². The second-order valence-electron chi connectivity index (χ2n) is 6.97. The summed E-state index contributed by atoms with van der Waals surface area (Å²) in [7, 11) is 0. The highest BCUT2D eigenvalue weighted by atomic mass is 16.3. The summed E-state index contributed by atoms with van der Waals surface area (Å²) in [6.07, 6.45) is 4.79. The highest BCUT2D eigenvalue weighted by molar-refractivity contribution is 6.26. The van der Waals surface area contributed by atoms with E-state index < -0.39 is 0 Å². The smallest absolute Gasteiger partial charge is 0.254 e. The summed E-state index contributed by atoms with van der Waals surface area (Å²) in [6.45, 7) is 5.29. The molecule has 27 heavy (non-hydrogen) atoms. The zero-order valence-corrected chi connectivity index (χ0v) is 15.7. The average Bonchev–Trinajstić information content (AvgIpc) is 3.28. The second kappa shape index (κ2) is 6.99. The van der Waals surface area contributed by atoms with Gasteiger partial charge in [-0.1, -0.05) is 37.6 Å². The third-order valence-electron chi connectivity index (χ3n) is 5.27. The first-order valence-corrected chi connectivity index (χ1v) is 9.47. The van der Waals surface area contributed by atoms with Gasteiger partial charge in [-0.2, -0.15) is 0 Å². The Bertz CT molecular complexity index is 1010. The van der Waals surface area contributed by atoms with E-state index in [0.29, 0.717) is 29.1 Å². The van der Waals surface area contributed by atoms with Crippen molar-refractivity contribution in [3.63, 3.8) is 0 Å². The van der Waals surface area contributed by atoms with Crippen LogP contribution in [0, 0.1) is 6.92 Å². The first kappa shape index (κ1) is 17.5. The zero-order chi connectivity index (χ0) is 19.0. The number of benzene rings is 1. The van der Waals surface area contributed by atoms with Gasteiger partial charge in [0.15, 0.2) is 0 Å². The van der Waals surface area contributed by atoms with Crippen molar-refractivity contribution in [1.82, 2.24) is 4.57 Å². The largest absolute Gasteiger partial charge is 0.465 e. The molecule has 0 atom stereocenters. The Balaban J connectivity index is 1.88. The van der Waals surface area contributed by atoms with Crippen LogP contribution in [0.3, 0.4) is 0 Å². The maximum absolute atomic E-state index is 13.3. The van der Waals surface area contributed by atoms with Crippen molar-refractivity contribution < 1.29 is 18.6 Å². The number of rotatable bonds is 6. The topological polar surface area (TPSA) is 56.1 Å². The molecule has 2 heterocycles. The molecule has 0 bridgehead atoms. The molecule has 1 aliphatic carbocycles. The summed E-state index contributed by atoms with van der Waals surface area (Å²) in [6, 6.07) is 10.8. The van der Waals surface area contributed by atoms with Crippen LogP contribution in [0.4, 0.5) is 0 Å². The van der Waals surface area contributed by atoms with Crippen LogP contribution in [0.25, 0.3) is 0 Å². The third-order valence-corrected chi connectivity index (χ3v) is 5.27. The van der Waals surface area contributed by atoms with Gasteiger partial charge in [0.1, 0.15) is 12.3 Å². The van der Waals surface area contributed by atoms with Crippen molar-refractivity contribution >= 4 is 11.6 Å². The molecule has 0 fully saturated rings. The predicted molar refractivity (Wildman–Crippen MR) is 100 cm³/mol. The van der Waals surface area contributed by atoms with Crippen LogP contribution in [0.5, 0.6) is 0 Å². The van der Waals surface area contributed by atoms with Crippen molar-refractivity contribution in [2.45, 2.75) is 46.2 Å². The van der Waals surface area contributed by atoms with Crippen LogP contribution >= 0.6 is 0 Å². The molecule has 0 radical (unpaired) electrons. The highest BCUT2D eigenvalue weighted by Gasteiger charge is 2.42. The molecule has 5 nitrogen and oxygen atoms in total. The standard InChI is InChI=1S/C22H23N2O3/c1-3-4-7-12-23-15(2)24(14-16-9-8-13-27-16)20-19(23)21(25)17-10-5-6-11-18(17)22(20)26/h5-6,8-11,13H,3-4,7,12,14H2,1-2H3/q+1. The number of carbonyl (C=O) groups is 2. The van der Waals surface area contributed by atoms with Gasteiger partial charge >= 0.3 is 0 Å². The lowest BCUT2D eigenvalue weighted by atomic mass is 9.90. The summed E-state index contributed by atoms with van der Waals surface area (Å²) < 4.78 is 9.44. The van der Waals surface area contributed by atoms with Gasteiger partial charge in [-0.3, -0.25) is 9.59 Å². The second-order valence-corrected chi connectivity index (χ2v) is 6.97. The molecule has 0 aliphatic heterocycles. The molecule has 1 aromatic carbocycles. The van der Waals surface area contributed by atoms with Crippen molar-refractivity contribution in [2.24, 2.45) is 0 Å². The molecular weight excluding hydrogens is 340 g/mol. The van der Waals surface area contributed by atoms with E-state index in [1.165, 1.54) is 0 Å².